The van der Waals surface area contributed by atoms with E-state index in [0.29, 0.717) is 24.0 Å². The van der Waals surface area contributed by atoms with Crippen LogP contribution in [0, 0.1) is 18.6 Å². The minimum atomic E-state index is -1.05. The lowest BCUT2D eigenvalue weighted by molar-refractivity contribution is 0.0695. The molecular formula is C33H32F2N6O5. The standard InChI is InChI=1S/C33H32F2N6O5/c1-17-20-10-12-26(22(20)9-8-21(17)33(45)46)40-32(44)28-14-27(31(43)36-15-18-7-11-24(34)25(35)13-18)39-29-23(16-37-41(28)29)30(42)38-19-5-3-2-4-6-19/h7-9,11,13-14,16,19,26H,2-6,10,12,15H2,1H3,(H,36,43)(H,38,42)(H,40,44)(H,45,46)/t26-/m0/s1. The topological polar surface area (TPSA) is 155 Å². The highest BCUT2D eigenvalue weighted by atomic mass is 19.2. The van der Waals surface area contributed by atoms with Crippen molar-refractivity contribution in [3.05, 3.63) is 99.0 Å². The number of hydrogen-bond donors (Lipinski definition) is 4. The first-order valence-corrected chi connectivity index (χ1v) is 15.2. The van der Waals surface area contributed by atoms with Crippen LogP contribution < -0.4 is 16.0 Å². The van der Waals surface area contributed by atoms with Gasteiger partial charge in [-0.25, -0.2) is 23.1 Å². The number of nitrogens with one attached hydrogen (secondary N) is 3. The van der Waals surface area contributed by atoms with E-state index in [1.165, 1.54) is 28.9 Å². The maximum atomic E-state index is 13.8. The first-order valence-electron chi connectivity index (χ1n) is 15.2. The van der Waals surface area contributed by atoms with E-state index in [2.05, 4.69) is 26.0 Å². The number of aromatic carboxylic acids is 1. The largest absolute Gasteiger partial charge is 0.478 e. The Morgan fingerprint density at radius 3 is 2.43 bits per heavy atom. The Kier molecular flexibility index (Phi) is 8.48. The molecule has 2 aromatic carbocycles. The van der Waals surface area contributed by atoms with Crippen molar-refractivity contribution in [3.8, 4) is 0 Å². The van der Waals surface area contributed by atoms with Crippen LogP contribution in [0.3, 0.4) is 0 Å². The third-order valence-electron chi connectivity index (χ3n) is 8.79. The normalized spacial score (nSPS) is 16.2. The second-order valence-electron chi connectivity index (χ2n) is 11.7. The number of benzene rings is 2. The van der Waals surface area contributed by atoms with Gasteiger partial charge >= 0.3 is 5.97 Å². The van der Waals surface area contributed by atoms with Crippen molar-refractivity contribution < 1.29 is 33.1 Å². The van der Waals surface area contributed by atoms with Crippen LogP contribution in [0.25, 0.3) is 5.65 Å². The van der Waals surface area contributed by atoms with Gasteiger partial charge in [-0.15, -0.1) is 0 Å². The lowest BCUT2D eigenvalue weighted by Crippen LogP contribution is -2.36. The third kappa shape index (κ3) is 6.04. The summed E-state index contributed by atoms with van der Waals surface area (Å²) in [5.74, 6) is -4.80. The van der Waals surface area contributed by atoms with Crippen molar-refractivity contribution >= 4 is 29.3 Å². The molecule has 0 saturated heterocycles. The molecule has 13 heteroatoms. The lowest BCUT2D eigenvalue weighted by Gasteiger charge is -2.22. The molecular weight excluding hydrogens is 598 g/mol. The molecule has 0 spiro atoms. The molecule has 1 atom stereocenters. The number of carbonyl (C=O) groups excluding carboxylic acids is 3. The van der Waals surface area contributed by atoms with Crippen LogP contribution in [0.1, 0.15) is 109 Å². The number of nitrogens with zero attached hydrogens (tertiary/aromatic N) is 3. The predicted molar refractivity (Wildman–Crippen MR) is 162 cm³/mol. The maximum Gasteiger partial charge on any atom is 0.335 e. The molecule has 238 valence electrons. The van der Waals surface area contributed by atoms with Gasteiger partial charge in [0.25, 0.3) is 17.7 Å². The van der Waals surface area contributed by atoms with Gasteiger partial charge in [0.05, 0.1) is 17.8 Å². The summed E-state index contributed by atoms with van der Waals surface area (Å²) in [4.78, 5) is 56.4. The van der Waals surface area contributed by atoms with E-state index in [1.54, 1.807) is 13.0 Å². The minimum absolute atomic E-state index is 0.00547. The molecule has 0 bridgehead atoms. The van der Waals surface area contributed by atoms with Crippen molar-refractivity contribution in [3.63, 3.8) is 0 Å². The summed E-state index contributed by atoms with van der Waals surface area (Å²) in [6.07, 6.45) is 7.23. The molecule has 4 aromatic rings. The van der Waals surface area contributed by atoms with E-state index in [0.717, 1.165) is 55.4 Å². The zero-order chi connectivity index (χ0) is 32.5. The fraction of sp³-hybridized carbons (Fsp3) is 0.333. The Hall–Kier alpha value is -5.20. The van der Waals surface area contributed by atoms with Crippen LogP contribution in [0.15, 0.2) is 42.6 Å². The Morgan fingerprint density at radius 1 is 0.913 bits per heavy atom. The van der Waals surface area contributed by atoms with Crippen molar-refractivity contribution in [2.45, 2.75) is 70.5 Å². The first kappa shape index (κ1) is 30.8. The number of amides is 3. The molecule has 2 aromatic heterocycles. The smallest absolute Gasteiger partial charge is 0.335 e. The fourth-order valence-electron chi connectivity index (χ4n) is 6.33. The quantitative estimate of drug-likeness (QED) is 0.225. The first-order chi connectivity index (χ1) is 22.1. The Labute approximate surface area is 262 Å². The van der Waals surface area contributed by atoms with Crippen LogP contribution in [0.4, 0.5) is 8.78 Å². The van der Waals surface area contributed by atoms with Gasteiger partial charge in [0, 0.05) is 18.7 Å². The van der Waals surface area contributed by atoms with E-state index in [4.69, 9.17) is 0 Å². The van der Waals surface area contributed by atoms with Gasteiger partial charge < -0.3 is 21.1 Å². The van der Waals surface area contributed by atoms with Gasteiger partial charge in [0.1, 0.15) is 17.0 Å². The van der Waals surface area contributed by atoms with Crippen LogP contribution in [-0.4, -0.2) is 49.4 Å². The van der Waals surface area contributed by atoms with Crippen molar-refractivity contribution in [1.29, 1.82) is 0 Å². The number of hydrogen-bond acceptors (Lipinski definition) is 6. The van der Waals surface area contributed by atoms with Crippen molar-refractivity contribution in [2.24, 2.45) is 0 Å². The van der Waals surface area contributed by atoms with E-state index in [-0.39, 0.29) is 40.7 Å². The predicted octanol–water partition coefficient (Wildman–Crippen LogP) is 4.42. The number of rotatable bonds is 8. The average molecular weight is 631 g/mol. The molecule has 0 radical (unpaired) electrons. The number of fused-ring (bicyclic) bond motifs is 2. The summed E-state index contributed by atoms with van der Waals surface area (Å²) >= 11 is 0. The number of halogens is 2. The second-order valence-corrected chi connectivity index (χ2v) is 11.7. The molecule has 4 N–H and O–H groups in total. The molecule has 3 amide bonds. The van der Waals surface area contributed by atoms with E-state index < -0.39 is 41.4 Å². The average Bonchev–Trinajstić information content (AvgIpc) is 3.66. The molecule has 1 saturated carbocycles. The molecule has 2 aliphatic rings. The van der Waals surface area contributed by atoms with Gasteiger partial charge in [-0.3, -0.25) is 14.4 Å². The molecule has 11 nitrogen and oxygen atoms in total. The number of carbonyl (C=O) groups is 4. The van der Waals surface area contributed by atoms with Crippen LogP contribution in [0.5, 0.6) is 0 Å². The van der Waals surface area contributed by atoms with Gasteiger partial charge in [-0.05, 0) is 73.1 Å². The van der Waals surface area contributed by atoms with E-state index >= 15 is 0 Å². The SMILES string of the molecule is Cc1c(C(=O)O)ccc2c1CC[C@@H]2NC(=O)c1cc(C(=O)NCc2ccc(F)c(F)c2)nc2c(C(=O)NC3CCCCC3)cnn12. The summed E-state index contributed by atoms with van der Waals surface area (Å²) in [6, 6.07) is 7.30. The monoisotopic (exact) mass is 630 g/mol. The summed E-state index contributed by atoms with van der Waals surface area (Å²) in [7, 11) is 0. The van der Waals surface area contributed by atoms with Gasteiger partial charge in [0.2, 0.25) is 0 Å². The highest BCUT2D eigenvalue weighted by Gasteiger charge is 2.30. The van der Waals surface area contributed by atoms with Crippen molar-refractivity contribution in [1.82, 2.24) is 30.5 Å². The molecule has 0 unspecified atom stereocenters. The van der Waals surface area contributed by atoms with Gasteiger partial charge in [0.15, 0.2) is 17.3 Å². The highest BCUT2D eigenvalue weighted by molar-refractivity contribution is 6.03. The molecule has 2 aliphatic carbocycles. The molecule has 0 aliphatic heterocycles. The molecule has 46 heavy (non-hydrogen) atoms. The van der Waals surface area contributed by atoms with E-state index in [9.17, 15) is 33.1 Å². The number of carboxylic acid groups (broad SMARTS) is 1. The third-order valence-corrected chi connectivity index (χ3v) is 8.79. The maximum absolute atomic E-state index is 13.8. The van der Waals surface area contributed by atoms with Gasteiger partial charge in [-0.1, -0.05) is 31.4 Å². The molecule has 2 heterocycles. The summed E-state index contributed by atoms with van der Waals surface area (Å²) in [6.45, 7) is 1.60. The summed E-state index contributed by atoms with van der Waals surface area (Å²) in [5.41, 5.74) is 2.70. The zero-order valence-corrected chi connectivity index (χ0v) is 25.0. The number of carboxylic acids is 1. The van der Waals surface area contributed by atoms with Crippen LogP contribution in [0.2, 0.25) is 0 Å². The Bertz CT molecular complexity index is 1880. The summed E-state index contributed by atoms with van der Waals surface area (Å²) in [5, 5.41) is 22.4. The highest BCUT2D eigenvalue weighted by Crippen LogP contribution is 2.35. The fourth-order valence-corrected chi connectivity index (χ4v) is 6.33. The summed E-state index contributed by atoms with van der Waals surface area (Å²) < 4.78 is 28.3. The Morgan fingerprint density at radius 2 is 1.70 bits per heavy atom. The zero-order valence-electron chi connectivity index (χ0n) is 25.0. The van der Waals surface area contributed by atoms with Crippen molar-refractivity contribution in [2.75, 3.05) is 0 Å². The van der Waals surface area contributed by atoms with E-state index in [1.807, 2.05) is 0 Å². The minimum Gasteiger partial charge on any atom is -0.478 e. The van der Waals surface area contributed by atoms with Crippen LogP contribution >= 0.6 is 0 Å². The number of aromatic nitrogens is 3. The lowest BCUT2D eigenvalue weighted by atomic mass is 9.95. The second kappa shape index (κ2) is 12.7. The molecule has 6 rings (SSSR count). The molecule has 1 fully saturated rings. The Balaban J connectivity index is 1.31. The van der Waals surface area contributed by atoms with Gasteiger partial charge in [-0.2, -0.15) is 5.10 Å². The van der Waals surface area contributed by atoms with Crippen LogP contribution in [-0.2, 0) is 13.0 Å².